The van der Waals surface area contributed by atoms with E-state index in [0.29, 0.717) is 32.2 Å². The Balaban J connectivity index is 1.25. The fraction of sp³-hybridized carbons (Fsp3) is 0.423. The molecule has 5 rings (SSSR count). The molecule has 0 radical (unpaired) electrons. The average molecular weight is 449 g/mol. The number of hydrogen-bond donors (Lipinski definition) is 2. The van der Waals surface area contributed by atoms with Crippen LogP contribution >= 0.6 is 0 Å². The second-order valence-corrected chi connectivity index (χ2v) is 9.31. The minimum atomic E-state index is -0.983. The summed E-state index contributed by atoms with van der Waals surface area (Å²) in [7, 11) is 0. The molecular formula is C26H28N2O5. The lowest BCUT2D eigenvalue weighted by molar-refractivity contribution is -0.149. The van der Waals surface area contributed by atoms with Crippen molar-refractivity contribution in [2.75, 3.05) is 19.7 Å². The first-order valence-electron chi connectivity index (χ1n) is 11.6. The third kappa shape index (κ3) is 3.86. The predicted octanol–water partition coefficient (Wildman–Crippen LogP) is 3.77. The third-order valence-electron chi connectivity index (χ3n) is 7.36. The van der Waals surface area contributed by atoms with Crippen LogP contribution in [0.2, 0.25) is 0 Å². The number of likely N-dealkylation sites (tertiary alicyclic amines) is 1. The molecule has 1 aliphatic heterocycles. The molecule has 1 atom stereocenters. The lowest BCUT2D eigenvalue weighted by Crippen LogP contribution is -2.64. The number of aliphatic carboxylic acids is 1. The summed E-state index contributed by atoms with van der Waals surface area (Å²) in [5.41, 5.74) is 3.60. The lowest BCUT2D eigenvalue weighted by atomic mass is 9.75. The molecule has 1 saturated heterocycles. The van der Waals surface area contributed by atoms with Crippen LogP contribution in [0.3, 0.4) is 0 Å². The molecule has 2 fully saturated rings. The molecule has 0 bridgehead atoms. The molecule has 0 unspecified atom stereocenters. The molecule has 1 heterocycles. The van der Waals surface area contributed by atoms with Crippen LogP contribution in [0.1, 0.15) is 49.1 Å². The summed E-state index contributed by atoms with van der Waals surface area (Å²) in [6.45, 7) is 0.911. The number of piperidine rings is 1. The molecule has 2 aromatic rings. The van der Waals surface area contributed by atoms with Gasteiger partial charge in [-0.15, -0.1) is 0 Å². The number of fused-ring (bicyclic) bond motifs is 3. The molecule has 2 amide bonds. The second kappa shape index (κ2) is 8.54. The maximum Gasteiger partial charge on any atom is 0.408 e. The number of benzene rings is 2. The molecule has 1 saturated carbocycles. The van der Waals surface area contributed by atoms with Crippen LogP contribution in [-0.2, 0) is 14.3 Å². The van der Waals surface area contributed by atoms with Crippen molar-refractivity contribution < 1.29 is 24.2 Å². The average Bonchev–Trinajstić information content (AvgIpc) is 3.13. The minimum absolute atomic E-state index is 0.0467. The van der Waals surface area contributed by atoms with Crippen molar-refractivity contribution >= 4 is 18.0 Å². The van der Waals surface area contributed by atoms with Gasteiger partial charge in [-0.1, -0.05) is 48.5 Å². The molecular weight excluding hydrogens is 420 g/mol. The first kappa shape index (κ1) is 21.5. The maximum absolute atomic E-state index is 13.3. The van der Waals surface area contributed by atoms with Gasteiger partial charge in [-0.3, -0.25) is 9.59 Å². The summed E-state index contributed by atoms with van der Waals surface area (Å²) in [4.78, 5) is 39.0. The zero-order valence-electron chi connectivity index (χ0n) is 18.5. The van der Waals surface area contributed by atoms with Gasteiger partial charge in [-0.2, -0.15) is 0 Å². The molecule has 172 valence electrons. The Hall–Kier alpha value is -3.35. The third-order valence-corrected chi connectivity index (χ3v) is 7.36. The Bertz CT molecular complexity index is 1050. The molecule has 2 aromatic carbocycles. The van der Waals surface area contributed by atoms with Crippen LogP contribution in [0.25, 0.3) is 11.1 Å². The van der Waals surface area contributed by atoms with E-state index in [-0.39, 0.29) is 25.0 Å². The van der Waals surface area contributed by atoms with Crippen molar-refractivity contribution in [3.8, 4) is 11.1 Å². The highest BCUT2D eigenvalue weighted by atomic mass is 16.5. The van der Waals surface area contributed by atoms with E-state index in [4.69, 9.17) is 4.74 Å². The number of nitrogens with zero attached hydrogens (tertiary/aromatic N) is 1. The van der Waals surface area contributed by atoms with Crippen LogP contribution in [0.4, 0.5) is 4.79 Å². The molecule has 3 aliphatic rings. The topological polar surface area (TPSA) is 95.9 Å². The number of nitrogens with one attached hydrogen (secondary N) is 1. The number of carboxylic acid groups (broad SMARTS) is 1. The van der Waals surface area contributed by atoms with E-state index in [2.05, 4.69) is 29.6 Å². The smallest absolute Gasteiger partial charge is 0.408 e. The number of hydrogen-bond acceptors (Lipinski definition) is 4. The zero-order valence-corrected chi connectivity index (χ0v) is 18.5. The number of rotatable bonds is 5. The molecule has 7 nitrogen and oxygen atoms in total. The Labute approximate surface area is 192 Å². The van der Waals surface area contributed by atoms with Crippen LogP contribution in [0, 0.1) is 5.92 Å². The summed E-state index contributed by atoms with van der Waals surface area (Å²) in [6, 6.07) is 16.3. The van der Waals surface area contributed by atoms with Crippen LogP contribution in [-0.4, -0.2) is 53.2 Å². The van der Waals surface area contributed by atoms with Gasteiger partial charge in [-0.05, 0) is 54.4 Å². The largest absolute Gasteiger partial charge is 0.481 e. The van der Waals surface area contributed by atoms with E-state index in [1.165, 1.54) is 0 Å². The summed E-state index contributed by atoms with van der Waals surface area (Å²) in [6.07, 6.45) is 2.56. The highest BCUT2D eigenvalue weighted by Crippen LogP contribution is 2.44. The second-order valence-electron chi connectivity index (χ2n) is 9.31. The van der Waals surface area contributed by atoms with Gasteiger partial charge in [0.05, 0.1) is 5.92 Å². The van der Waals surface area contributed by atoms with Crippen molar-refractivity contribution in [1.29, 1.82) is 0 Å². The molecule has 0 spiro atoms. The van der Waals surface area contributed by atoms with Crippen molar-refractivity contribution in [2.45, 2.75) is 43.6 Å². The highest BCUT2D eigenvalue weighted by molar-refractivity contribution is 5.91. The molecule has 33 heavy (non-hydrogen) atoms. The Morgan fingerprint density at radius 1 is 1.00 bits per heavy atom. The lowest BCUT2D eigenvalue weighted by Gasteiger charge is -2.45. The summed E-state index contributed by atoms with van der Waals surface area (Å²) in [5, 5.41) is 12.2. The number of ether oxygens (including phenoxy) is 1. The SMILES string of the molecule is O=C(NC1(C(=O)N2CCC[C@@H](C(=O)O)C2)CCC1)OCC1c2ccccc2-c2ccccc21. The molecule has 7 heteroatoms. The van der Waals surface area contributed by atoms with E-state index in [9.17, 15) is 19.5 Å². The number of alkyl carbamates (subject to hydrolysis) is 1. The maximum atomic E-state index is 13.3. The zero-order chi connectivity index (χ0) is 23.0. The normalized spacial score (nSPS) is 20.8. The van der Waals surface area contributed by atoms with E-state index < -0.39 is 23.5 Å². The van der Waals surface area contributed by atoms with Gasteiger partial charge in [0.1, 0.15) is 12.1 Å². The Kier molecular flexibility index (Phi) is 5.56. The van der Waals surface area contributed by atoms with Gasteiger partial charge in [0.2, 0.25) is 5.91 Å². The Morgan fingerprint density at radius 3 is 2.21 bits per heavy atom. The monoisotopic (exact) mass is 448 g/mol. The van der Waals surface area contributed by atoms with Crippen molar-refractivity contribution in [3.63, 3.8) is 0 Å². The summed E-state index contributed by atoms with van der Waals surface area (Å²) < 4.78 is 5.65. The number of carbonyl (C=O) groups excluding carboxylic acids is 2. The van der Waals surface area contributed by atoms with Gasteiger partial charge in [0.15, 0.2) is 0 Å². The van der Waals surface area contributed by atoms with Crippen LogP contribution in [0.5, 0.6) is 0 Å². The van der Waals surface area contributed by atoms with Crippen LogP contribution < -0.4 is 5.32 Å². The first-order valence-corrected chi connectivity index (χ1v) is 11.6. The standard InChI is InChI=1S/C26H28N2O5/c29-23(30)17-7-5-14-28(15-17)24(31)26(12-6-13-26)27-25(32)33-16-22-20-10-3-1-8-18(20)19-9-2-4-11-21(19)22/h1-4,8-11,17,22H,5-7,12-16H2,(H,27,32)(H,29,30)/t17-/m1/s1. The number of carbonyl (C=O) groups is 3. The summed E-state index contributed by atoms with van der Waals surface area (Å²) in [5.74, 6) is -1.66. The highest BCUT2D eigenvalue weighted by Gasteiger charge is 2.49. The van der Waals surface area contributed by atoms with Crippen molar-refractivity contribution in [1.82, 2.24) is 10.2 Å². The molecule has 2 aliphatic carbocycles. The van der Waals surface area contributed by atoms with E-state index in [1.807, 2.05) is 24.3 Å². The first-order chi connectivity index (χ1) is 16.0. The van der Waals surface area contributed by atoms with Gasteiger partial charge in [0, 0.05) is 19.0 Å². The quantitative estimate of drug-likeness (QED) is 0.726. The van der Waals surface area contributed by atoms with Crippen LogP contribution in [0.15, 0.2) is 48.5 Å². The van der Waals surface area contributed by atoms with E-state index in [1.54, 1.807) is 4.90 Å². The predicted molar refractivity (Wildman–Crippen MR) is 122 cm³/mol. The van der Waals surface area contributed by atoms with Gasteiger partial charge in [-0.25, -0.2) is 4.79 Å². The van der Waals surface area contributed by atoms with Gasteiger partial charge >= 0.3 is 12.1 Å². The number of carboxylic acids is 1. The van der Waals surface area contributed by atoms with E-state index >= 15 is 0 Å². The van der Waals surface area contributed by atoms with Gasteiger partial charge < -0.3 is 20.1 Å². The van der Waals surface area contributed by atoms with Crippen molar-refractivity contribution in [3.05, 3.63) is 59.7 Å². The van der Waals surface area contributed by atoms with Gasteiger partial charge in [0.25, 0.3) is 0 Å². The Morgan fingerprint density at radius 2 is 1.64 bits per heavy atom. The molecule has 2 N–H and O–H groups in total. The fourth-order valence-corrected chi connectivity index (χ4v) is 5.42. The number of amides is 2. The molecule has 0 aromatic heterocycles. The summed E-state index contributed by atoms with van der Waals surface area (Å²) >= 11 is 0. The fourth-order valence-electron chi connectivity index (χ4n) is 5.42. The van der Waals surface area contributed by atoms with Crippen molar-refractivity contribution in [2.24, 2.45) is 5.92 Å². The van der Waals surface area contributed by atoms with E-state index in [0.717, 1.165) is 28.7 Å². The minimum Gasteiger partial charge on any atom is -0.481 e.